The molecule has 3 aromatic rings. The summed E-state index contributed by atoms with van der Waals surface area (Å²) in [6.07, 6.45) is 3.72. The molecule has 2 fully saturated rings. The Morgan fingerprint density at radius 1 is 1.00 bits per heavy atom. The number of nitrogens with zero attached hydrogens (tertiary/aromatic N) is 5. The summed E-state index contributed by atoms with van der Waals surface area (Å²) in [5, 5.41) is 1.91. The zero-order chi connectivity index (χ0) is 23.5. The van der Waals surface area contributed by atoms with Crippen molar-refractivity contribution >= 4 is 39.1 Å². The van der Waals surface area contributed by atoms with Crippen LogP contribution in [0.25, 0.3) is 10.2 Å². The van der Waals surface area contributed by atoms with Crippen molar-refractivity contribution in [1.29, 1.82) is 0 Å². The Morgan fingerprint density at radius 3 is 2.53 bits per heavy atom. The minimum atomic E-state index is -0.0330. The summed E-state index contributed by atoms with van der Waals surface area (Å²) in [5.74, 6) is 1.65. The van der Waals surface area contributed by atoms with Crippen LogP contribution in [0.1, 0.15) is 25.7 Å². The Labute approximate surface area is 203 Å². The number of aromatic nitrogens is 2. The van der Waals surface area contributed by atoms with Crippen molar-refractivity contribution in [1.82, 2.24) is 14.5 Å². The molecule has 34 heavy (non-hydrogen) atoms. The van der Waals surface area contributed by atoms with E-state index in [9.17, 15) is 9.59 Å². The van der Waals surface area contributed by atoms with E-state index in [2.05, 4.69) is 15.9 Å². The molecule has 0 spiro atoms. The number of methoxy groups -OCH3 is 1. The smallest absolute Gasteiger partial charge is 0.272 e. The SMILES string of the molecule is COc1ccccc1N1CCN(C(=O)CCn2c(N3CCCCC3)nc3ccsc3c2=O)CC1. The zero-order valence-electron chi connectivity index (χ0n) is 19.6. The lowest BCUT2D eigenvalue weighted by molar-refractivity contribution is -0.131. The van der Waals surface area contributed by atoms with Crippen LogP contribution in [0.2, 0.25) is 0 Å². The van der Waals surface area contributed by atoms with Crippen LogP contribution < -0.4 is 20.1 Å². The van der Waals surface area contributed by atoms with E-state index in [1.807, 2.05) is 34.5 Å². The minimum Gasteiger partial charge on any atom is -0.495 e. The van der Waals surface area contributed by atoms with Gasteiger partial charge in [0, 0.05) is 52.2 Å². The topological polar surface area (TPSA) is 70.9 Å². The molecule has 0 saturated carbocycles. The average Bonchev–Trinajstić information content (AvgIpc) is 3.37. The van der Waals surface area contributed by atoms with Gasteiger partial charge in [0.15, 0.2) is 0 Å². The monoisotopic (exact) mass is 481 g/mol. The number of fused-ring (bicyclic) bond motifs is 1. The van der Waals surface area contributed by atoms with Gasteiger partial charge in [-0.15, -0.1) is 11.3 Å². The number of hydrogen-bond acceptors (Lipinski definition) is 7. The van der Waals surface area contributed by atoms with Gasteiger partial charge in [0.05, 0.1) is 18.3 Å². The third kappa shape index (κ3) is 4.49. The first-order chi connectivity index (χ1) is 16.7. The highest BCUT2D eigenvalue weighted by atomic mass is 32.1. The molecule has 2 saturated heterocycles. The number of hydrogen-bond donors (Lipinski definition) is 0. The predicted octanol–water partition coefficient (Wildman–Crippen LogP) is 3.20. The van der Waals surface area contributed by atoms with Gasteiger partial charge in [-0.25, -0.2) is 4.98 Å². The minimum absolute atomic E-state index is 0.0330. The third-order valence-electron chi connectivity index (χ3n) is 6.79. The maximum absolute atomic E-state index is 13.3. The van der Waals surface area contributed by atoms with Gasteiger partial charge in [-0.3, -0.25) is 14.2 Å². The summed E-state index contributed by atoms with van der Waals surface area (Å²) in [6, 6.07) is 9.89. The molecule has 4 heterocycles. The van der Waals surface area contributed by atoms with Crippen molar-refractivity contribution < 1.29 is 9.53 Å². The summed E-state index contributed by atoms with van der Waals surface area (Å²) < 4.78 is 7.89. The summed E-state index contributed by atoms with van der Waals surface area (Å²) in [5.41, 5.74) is 1.78. The van der Waals surface area contributed by atoms with Crippen LogP contribution in [0.4, 0.5) is 11.6 Å². The Bertz CT molecular complexity index is 1210. The fourth-order valence-corrected chi connectivity index (χ4v) is 5.70. The number of amides is 1. The standard InChI is InChI=1S/C25H31N5O3S/c1-33-21-8-4-3-7-20(21)27-14-16-28(17-15-27)22(31)9-13-30-24(32)23-19(10-18-34-23)26-25(30)29-11-5-2-6-12-29/h3-4,7-8,10,18H,2,5-6,9,11-17H2,1H3. The van der Waals surface area contributed by atoms with E-state index in [0.717, 1.165) is 56.0 Å². The first-order valence-electron chi connectivity index (χ1n) is 12.0. The lowest BCUT2D eigenvalue weighted by Crippen LogP contribution is -2.49. The number of benzene rings is 1. The molecular formula is C25H31N5O3S. The summed E-state index contributed by atoms with van der Waals surface area (Å²) in [4.78, 5) is 37.6. The van der Waals surface area contributed by atoms with Crippen LogP contribution in [-0.2, 0) is 11.3 Å². The van der Waals surface area contributed by atoms with Crippen molar-refractivity contribution in [2.24, 2.45) is 0 Å². The van der Waals surface area contributed by atoms with Gasteiger partial charge in [-0.2, -0.15) is 0 Å². The number of piperidine rings is 1. The van der Waals surface area contributed by atoms with Gasteiger partial charge < -0.3 is 19.4 Å². The lowest BCUT2D eigenvalue weighted by atomic mass is 10.1. The van der Waals surface area contributed by atoms with Crippen LogP contribution in [-0.4, -0.2) is 66.7 Å². The summed E-state index contributed by atoms with van der Waals surface area (Å²) in [6.45, 7) is 5.00. The van der Waals surface area contributed by atoms with Gasteiger partial charge in [0.2, 0.25) is 11.9 Å². The first kappa shape index (κ1) is 22.7. The zero-order valence-corrected chi connectivity index (χ0v) is 20.4. The van der Waals surface area contributed by atoms with Gasteiger partial charge >= 0.3 is 0 Å². The van der Waals surface area contributed by atoms with Crippen molar-refractivity contribution in [3.63, 3.8) is 0 Å². The van der Waals surface area contributed by atoms with E-state index in [4.69, 9.17) is 9.72 Å². The van der Waals surface area contributed by atoms with E-state index < -0.39 is 0 Å². The fraction of sp³-hybridized carbons (Fsp3) is 0.480. The molecule has 1 amide bonds. The number of thiophene rings is 1. The summed E-state index contributed by atoms with van der Waals surface area (Å²) >= 11 is 1.42. The second kappa shape index (κ2) is 10.0. The number of anilines is 2. The molecule has 2 aromatic heterocycles. The molecule has 0 bridgehead atoms. The number of rotatable bonds is 6. The number of carbonyl (C=O) groups is 1. The number of carbonyl (C=O) groups excluding carboxylic acids is 1. The normalized spacial score (nSPS) is 16.8. The Hall–Kier alpha value is -3.07. The van der Waals surface area contributed by atoms with Crippen LogP contribution in [0.5, 0.6) is 5.75 Å². The fourth-order valence-electron chi connectivity index (χ4n) is 4.92. The second-order valence-corrected chi connectivity index (χ2v) is 9.76. The quantitative estimate of drug-likeness (QED) is 0.539. The molecular weight excluding hydrogens is 450 g/mol. The third-order valence-corrected chi connectivity index (χ3v) is 7.68. The molecule has 8 nitrogen and oxygen atoms in total. The Morgan fingerprint density at radius 2 is 1.76 bits per heavy atom. The largest absolute Gasteiger partial charge is 0.495 e. The second-order valence-electron chi connectivity index (χ2n) is 8.84. The Kier molecular flexibility index (Phi) is 6.71. The molecule has 5 rings (SSSR count). The molecule has 1 aromatic carbocycles. The number of para-hydroxylation sites is 2. The van der Waals surface area contributed by atoms with Crippen LogP contribution in [0, 0.1) is 0 Å². The maximum Gasteiger partial charge on any atom is 0.272 e. The lowest BCUT2D eigenvalue weighted by Gasteiger charge is -2.36. The molecule has 0 unspecified atom stereocenters. The predicted molar refractivity (Wildman–Crippen MR) is 136 cm³/mol. The highest BCUT2D eigenvalue weighted by Crippen LogP contribution is 2.28. The molecule has 180 valence electrons. The first-order valence-corrected chi connectivity index (χ1v) is 12.9. The van der Waals surface area contributed by atoms with Crippen LogP contribution >= 0.6 is 11.3 Å². The van der Waals surface area contributed by atoms with Crippen molar-refractivity contribution in [3.8, 4) is 5.75 Å². The van der Waals surface area contributed by atoms with Gasteiger partial charge in [-0.1, -0.05) is 12.1 Å². The van der Waals surface area contributed by atoms with Crippen molar-refractivity contribution in [2.75, 3.05) is 56.2 Å². The molecule has 0 aliphatic carbocycles. The molecule has 0 radical (unpaired) electrons. The molecule has 0 N–H and O–H groups in total. The molecule has 2 aliphatic heterocycles. The van der Waals surface area contributed by atoms with E-state index >= 15 is 0 Å². The van der Waals surface area contributed by atoms with Gasteiger partial charge in [0.1, 0.15) is 10.4 Å². The molecule has 2 aliphatic rings. The average molecular weight is 482 g/mol. The number of piperazine rings is 1. The summed E-state index contributed by atoms with van der Waals surface area (Å²) in [7, 11) is 1.68. The van der Waals surface area contributed by atoms with Crippen LogP contribution in [0.15, 0.2) is 40.5 Å². The Balaban J connectivity index is 1.27. The maximum atomic E-state index is 13.3. The van der Waals surface area contributed by atoms with Gasteiger partial charge in [0.25, 0.3) is 5.56 Å². The van der Waals surface area contributed by atoms with Crippen molar-refractivity contribution in [2.45, 2.75) is 32.2 Å². The van der Waals surface area contributed by atoms with Crippen LogP contribution in [0.3, 0.4) is 0 Å². The molecule has 9 heteroatoms. The van der Waals surface area contributed by atoms with E-state index in [1.54, 1.807) is 11.7 Å². The van der Waals surface area contributed by atoms with E-state index in [0.29, 0.717) is 36.7 Å². The number of ether oxygens (including phenoxy) is 1. The van der Waals surface area contributed by atoms with E-state index in [-0.39, 0.29) is 11.5 Å². The van der Waals surface area contributed by atoms with Crippen molar-refractivity contribution in [3.05, 3.63) is 46.1 Å². The molecule has 0 atom stereocenters. The highest BCUT2D eigenvalue weighted by molar-refractivity contribution is 7.17. The van der Waals surface area contributed by atoms with Gasteiger partial charge in [-0.05, 0) is 42.8 Å². The van der Waals surface area contributed by atoms with E-state index in [1.165, 1.54) is 17.8 Å². The highest BCUT2D eigenvalue weighted by Gasteiger charge is 2.24.